The summed E-state index contributed by atoms with van der Waals surface area (Å²) < 4.78 is 24.7. The number of nitrogens with zero attached hydrogens (tertiary/aromatic N) is 6. The van der Waals surface area contributed by atoms with Gasteiger partial charge in [0.15, 0.2) is 0 Å². The summed E-state index contributed by atoms with van der Waals surface area (Å²) in [6, 6.07) is 120. The second-order valence-electron chi connectivity index (χ2n) is 27.1. The minimum atomic E-state index is -1.59. The van der Waals surface area contributed by atoms with Gasteiger partial charge < -0.3 is 58.4 Å². The van der Waals surface area contributed by atoms with Crippen LogP contribution >= 0.6 is 0 Å². The van der Waals surface area contributed by atoms with Gasteiger partial charge in [0.1, 0.15) is 17.2 Å². The Labute approximate surface area is 694 Å². The average molecular weight is 1560 g/mol. The summed E-state index contributed by atoms with van der Waals surface area (Å²) in [5, 5.41) is 76.7. The number of fused-ring (bicyclic) bond motifs is 13. The Hall–Kier alpha value is -14.6. The molecule has 7 N–H and O–H groups in total. The highest BCUT2D eigenvalue weighted by Crippen LogP contribution is 2.39. The zero-order valence-electron chi connectivity index (χ0n) is 64.1. The van der Waals surface area contributed by atoms with E-state index in [9.17, 15) is 5.02 Å². The van der Waals surface area contributed by atoms with Crippen LogP contribution in [0.25, 0.3) is 153 Å². The van der Waals surface area contributed by atoms with Gasteiger partial charge in [-0.3, -0.25) is 9.97 Å². The molecule has 0 aliphatic rings. The highest BCUT2D eigenvalue weighted by Gasteiger charge is 2.17. The monoisotopic (exact) mass is 1560 g/mol. The fourth-order valence-electron chi connectivity index (χ4n) is 14.0. The molecule has 0 atom stereocenters. The predicted octanol–water partition coefficient (Wildman–Crippen LogP) is 17.4. The van der Waals surface area contributed by atoms with Crippen LogP contribution in [0.5, 0.6) is 29.1 Å². The van der Waals surface area contributed by atoms with Gasteiger partial charge in [0.05, 0.1) is 39.4 Å². The fourth-order valence-corrected chi connectivity index (χ4v) is 14.0. The number of hydrogen-bond donors (Lipinski definition) is 7. The molecule has 3 aromatic heterocycles. The number of para-hydroxylation sites is 3. The second-order valence-corrected chi connectivity index (χ2v) is 27.1. The van der Waals surface area contributed by atoms with Crippen molar-refractivity contribution in [2.75, 3.05) is 0 Å². The van der Waals surface area contributed by atoms with Crippen LogP contribution in [0, 0.1) is 0 Å². The molecule has 0 spiro atoms. The standard InChI is InChI=1S/C26H18BO2.C24H18BO2.C18H12BO2.C12H9BN2O2.2C8H6BN2O2/c28-27-29-26-16-24(22-11-9-18-5-1-3-7-20(18)13-22)15-25(17-26)23-12-10-19-6-2-4-8-21(19)14-23;26-25-27-24-13-11-20(12-14-24)23-16-21(18-7-3-1-4-8-18)15-22(17-23)19-9-5-2-6-10-19;20-19-21-12-9-10-17-15-7-2-1-5-13(15)14-6-3-4-8-16(14)18(17)11-12;16-13(17)11-7-14-10-6-5-8-3-1-2-4-9(8)12(10)15-11;12-9-13-8-5-10-6-3-1-2-4-7(6)11-8;12-9-13-8-10-5-6-3-1-2-4-7(6)11-8/h1-17,28H;1-17,26H;1-11,20H;1-7,16-17H;2*1-5,12H. The lowest BCUT2D eigenvalue weighted by atomic mass is 9.86. The summed E-state index contributed by atoms with van der Waals surface area (Å²) in [5.41, 5.74) is 15.2. The SMILES string of the molecule is OB(O)c1cnc2ccc3ccccc3c2n1.O[B]Oc1cc(-c2ccc3ccccc3c2)cc(-c2ccc3ccccc3c2)c1.O[B]Oc1ccc(-c2cc(-c3ccccc3)cc(-c3ccccc3)c2)cc1.O[B]Oc1ccc2c3ccccc3c3ccccc3c2c1.O[B]Oc1cnc2ccccc2n1.O[B]Oc1ncc2ccccc2n1. The van der Waals surface area contributed by atoms with E-state index in [0.29, 0.717) is 53.5 Å². The molecule has 0 fully saturated rings. The fraction of sp³-hybridized carbons (Fsp3) is 0. The predicted molar refractivity (Wildman–Crippen MR) is 483 cm³/mol. The van der Waals surface area contributed by atoms with Crippen LogP contribution in [-0.2, 0) is 0 Å². The van der Waals surface area contributed by atoms with Crippen molar-refractivity contribution in [3.63, 3.8) is 0 Å². The van der Waals surface area contributed by atoms with Crippen LogP contribution in [0.1, 0.15) is 0 Å². The zero-order valence-corrected chi connectivity index (χ0v) is 64.1. The van der Waals surface area contributed by atoms with Crippen molar-refractivity contribution in [2.45, 2.75) is 0 Å². The van der Waals surface area contributed by atoms with Gasteiger partial charge in [-0.15, -0.1) is 0 Å². The Morgan fingerprint density at radius 3 is 1.18 bits per heavy atom. The van der Waals surface area contributed by atoms with Crippen LogP contribution in [0.4, 0.5) is 0 Å². The smallest absolute Gasteiger partial charge is 0.537 e. The van der Waals surface area contributed by atoms with Gasteiger partial charge in [0.2, 0.25) is 5.88 Å². The topological polar surface area (TPSA) is 265 Å². The quantitative estimate of drug-likeness (QED) is 0.0350. The van der Waals surface area contributed by atoms with Gasteiger partial charge in [-0.2, -0.15) is 4.98 Å². The molecule has 24 heteroatoms. The van der Waals surface area contributed by atoms with Crippen molar-refractivity contribution in [2.24, 2.45) is 0 Å². The molecule has 20 rings (SSSR count). The maximum absolute atomic E-state index is 9.18. The van der Waals surface area contributed by atoms with Crippen molar-refractivity contribution >= 4 is 149 Å². The van der Waals surface area contributed by atoms with Crippen LogP contribution < -0.4 is 28.9 Å². The van der Waals surface area contributed by atoms with E-state index in [4.69, 9.17) is 44.1 Å². The van der Waals surface area contributed by atoms with Gasteiger partial charge in [-0.25, -0.2) is 15.0 Å². The van der Waals surface area contributed by atoms with Crippen LogP contribution in [0.15, 0.2) is 377 Å². The molecule has 120 heavy (non-hydrogen) atoms. The van der Waals surface area contributed by atoms with Crippen LogP contribution in [0.2, 0.25) is 0 Å². The number of benzene rings is 17. The molecule has 573 valence electrons. The lowest BCUT2D eigenvalue weighted by Gasteiger charge is -2.12. The van der Waals surface area contributed by atoms with Crippen LogP contribution in [-0.4, -0.2) is 111 Å². The Kier molecular flexibility index (Phi) is 26.5. The molecule has 0 unspecified atom stereocenters. The maximum Gasteiger partial charge on any atom is 0.571 e. The summed E-state index contributed by atoms with van der Waals surface area (Å²) in [6.07, 6.45) is 4.47. The van der Waals surface area contributed by atoms with Gasteiger partial charge in [-0.1, -0.05) is 261 Å². The molecule has 0 aliphatic carbocycles. The summed E-state index contributed by atoms with van der Waals surface area (Å²) >= 11 is 0. The average Bonchev–Trinajstić information content (AvgIpc) is 0.734. The first kappa shape index (κ1) is 80.6. The Balaban J connectivity index is 0.000000115. The third-order valence-electron chi connectivity index (χ3n) is 19.6. The van der Waals surface area contributed by atoms with Gasteiger partial charge in [-0.05, 0) is 212 Å². The van der Waals surface area contributed by atoms with E-state index in [2.05, 4.69) is 215 Å². The molecule has 17 aromatic carbocycles. The Morgan fingerprint density at radius 2 is 0.633 bits per heavy atom. The second kappa shape index (κ2) is 39.4. The highest BCUT2D eigenvalue weighted by molar-refractivity contribution is 6.57. The minimum absolute atomic E-state index is 0.140. The minimum Gasteiger partial charge on any atom is -0.537 e. The molecular weight excluding hydrogens is 1490 g/mol. The van der Waals surface area contributed by atoms with E-state index in [1.165, 1.54) is 83.1 Å². The van der Waals surface area contributed by atoms with E-state index in [0.717, 1.165) is 84.7 Å². The first-order chi connectivity index (χ1) is 59.1. The molecule has 0 amide bonds. The summed E-state index contributed by atoms with van der Waals surface area (Å²) in [7, 11) is 1.68. The van der Waals surface area contributed by atoms with Gasteiger partial charge in [0, 0.05) is 23.2 Å². The first-order valence-corrected chi connectivity index (χ1v) is 38.0. The summed E-state index contributed by atoms with van der Waals surface area (Å²) in [4.78, 5) is 24.5. The third-order valence-corrected chi connectivity index (χ3v) is 19.6. The largest absolute Gasteiger partial charge is 0.571 e. The lowest BCUT2D eigenvalue weighted by molar-refractivity contribution is 0.424. The molecule has 18 nitrogen and oxygen atoms in total. The number of rotatable bonds is 16. The molecular formula is C96H69B6N6O12. The van der Waals surface area contributed by atoms with Crippen molar-refractivity contribution in [1.82, 2.24) is 29.9 Å². The number of hydrogen-bond acceptors (Lipinski definition) is 18. The molecule has 0 aliphatic heterocycles. The Bertz CT molecular complexity index is 6650. The molecule has 20 aromatic rings. The van der Waals surface area contributed by atoms with Crippen molar-refractivity contribution < 1.29 is 58.4 Å². The van der Waals surface area contributed by atoms with E-state index < -0.39 is 7.12 Å². The molecule has 0 saturated heterocycles. The van der Waals surface area contributed by atoms with Crippen molar-refractivity contribution in [3.05, 3.63) is 377 Å². The number of aromatic nitrogens is 6. The first-order valence-electron chi connectivity index (χ1n) is 38.0. The highest BCUT2D eigenvalue weighted by atomic mass is 16.5. The van der Waals surface area contributed by atoms with Gasteiger partial charge >= 0.3 is 45.5 Å². The maximum atomic E-state index is 9.18. The van der Waals surface area contributed by atoms with E-state index in [1.54, 1.807) is 6.20 Å². The molecule has 3 heterocycles. The van der Waals surface area contributed by atoms with Crippen molar-refractivity contribution in [3.8, 4) is 84.8 Å². The summed E-state index contributed by atoms with van der Waals surface area (Å²) in [6.45, 7) is 0. The van der Waals surface area contributed by atoms with E-state index in [-0.39, 0.29) is 17.5 Å². The molecule has 5 radical (unpaired) electrons. The molecule has 0 saturated carbocycles. The van der Waals surface area contributed by atoms with Gasteiger partial charge in [0.25, 0.3) is 6.01 Å². The normalized spacial score (nSPS) is 10.6. The van der Waals surface area contributed by atoms with E-state index >= 15 is 0 Å². The lowest BCUT2D eigenvalue weighted by Crippen LogP contribution is -2.33. The van der Waals surface area contributed by atoms with E-state index in [1.807, 2.05) is 182 Å². The Morgan fingerprint density at radius 1 is 0.225 bits per heavy atom. The third kappa shape index (κ3) is 19.7. The zero-order chi connectivity index (χ0) is 82.4. The molecule has 0 bridgehead atoms. The van der Waals surface area contributed by atoms with Crippen LogP contribution in [0.3, 0.4) is 0 Å². The summed E-state index contributed by atoms with van der Waals surface area (Å²) in [5.74, 6) is 2.11. The van der Waals surface area contributed by atoms with Crippen molar-refractivity contribution in [1.29, 1.82) is 0 Å².